The van der Waals surface area contributed by atoms with Crippen LogP contribution in [0.5, 0.6) is 0 Å². The van der Waals surface area contributed by atoms with Gasteiger partial charge in [0.25, 0.3) is 0 Å². The van der Waals surface area contributed by atoms with Gasteiger partial charge in [-0.2, -0.15) is 0 Å². The van der Waals surface area contributed by atoms with Crippen LogP contribution < -0.4 is 4.90 Å². The van der Waals surface area contributed by atoms with E-state index in [9.17, 15) is 5.11 Å². The molecule has 3 nitrogen and oxygen atoms in total. The summed E-state index contributed by atoms with van der Waals surface area (Å²) in [5.74, 6) is 0.977. The first kappa shape index (κ1) is 12.4. The Bertz CT molecular complexity index is 578. The summed E-state index contributed by atoms with van der Waals surface area (Å²) in [5.41, 5.74) is 1.95. The van der Waals surface area contributed by atoms with Crippen molar-refractivity contribution < 1.29 is 5.11 Å². The van der Waals surface area contributed by atoms with Gasteiger partial charge in [-0.25, -0.2) is 4.98 Å². The van der Waals surface area contributed by atoms with E-state index in [0.717, 1.165) is 35.2 Å². The van der Waals surface area contributed by atoms with Crippen LogP contribution in [0.4, 0.5) is 5.82 Å². The van der Waals surface area contributed by atoms with E-state index in [4.69, 9.17) is 4.98 Å². The highest BCUT2D eigenvalue weighted by Gasteiger charge is 2.30. The topological polar surface area (TPSA) is 36.4 Å². The number of fused-ring (bicyclic) bond motifs is 1. The summed E-state index contributed by atoms with van der Waals surface area (Å²) in [5, 5.41) is 10.7. The average molecular weight is 256 g/mol. The maximum Gasteiger partial charge on any atom is 0.135 e. The van der Waals surface area contributed by atoms with Crippen LogP contribution >= 0.6 is 0 Å². The maximum atomic E-state index is 9.63. The van der Waals surface area contributed by atoms with Crippen LogP contribution in [0.15, 0.2) is 30.3 Å². The number of hydrogen-bond acceptors (Lipinski definition) is 3. The van der Waals surface area contributed by atoms with Gasteiger partial charge in [0.1, 0.15) is 5.82 Å². The molecule has 1 aliphatic rings. The number of aliphatic hydroxyl groups is 1. The molecule has 0 atom stereocenters. The van der Waals surface area contributed by atoms with Crippen molar-refractivity contribution in [3.8, 4) is 0 Å². The van der Waals surface area contributed by atoms with Gasteiger partial charge in [-0.1, -0.05) is 25.1 Å². The van der Waals surface area contributed by atoms with Crippen molar-refractivity contribution in [1.29, 1.82) is 0 Å². The number of aromatic nitrogens is 1. The Morgan fingerprint density at radius 2 is 2.11 bits per heavy atom. The fraction of sp³-hybridized carbons (Fsp3) is 0.438. The second-order valence-electron chi connectivity index (χ2n) is 5.25. The summed E-state index contributed by atoms with van der Waals surface area (Å²) in [7, 11) is 0. The first-order valence-electron chi connectivity index (χ1n) is 7.09. The van der Waals surface area contributed by atoms with E-state index in [1.807, 2.05) is 24.3 Å². The summed E-state index contributed by atoms with van der Waals surface area (Å²) in [6.07, 6.45) is 3.61. The normalized spacial score (nSPS) is 14.8. The molecule has 0 radical (unpaired) electrons. The molecule has 3 heteroatoms. The van der Waals surface area contributed by atoms with E-state index in [-0.39, 0.29) is 6.61 Å². The lowest BCUT2D eigenvalue weighted by Gasteiger charge is -2.25. The monoisotopic (exact) mass is 256 g/mol. The number of para-hydroxylation sites is 1. The first-order valence-corrected chi connectivity index (χ1v) is 7.09. The lowest BCUT2D eigenvalue weighted by molar-refractivity contribution is 0.281. The SMILES string of the molecule is CCCN(c1nc2ccccc2cc1CO)C1CC1. The van der Waals surface area contributed by atoms with Crippen LogP contribution in [-0.4, -0.2) is 22.7 Å². The zero-order valence-electron chi connectivity index (χ0n) is 11.3. The molecule has 0 bridgehead atoms. The summed E-state index contributed by atoms with van der Waals surface area (Å²) in [6.45, 7) is 3.26. The standard InChI is InChI=1S/C16H20N2O/c1-2-9-18(14-7-8-14)16-13(11-19)10-12-5-3-4-6-15(12)17-16/h3-6,10,14,19H,2,7-9,11H2,1H3. The van der Waals surface area contributed by atoms with E-state index in [2.05, 4.69) is 17.9 Å². The molecule has 2 aromatic rings. The Morgan fingerprint density at radius 1 is 1.32 bits per heavy atom. The molecule has 0 spiro atoms. The molecule has 19 heavy (non-hydrogen) atoms. The van der Waals surface area contributed by atoms with Crippen LogP contribution in [0.3, 0.4) is 0 Å². The average Bonchev–Trinajstić information content (AvgIpc) is 3.28. The van der Waals surface area contributed by atoms with Crippen molar-refractivity contribution in [2.45, 2.75) is 38.8 Å². The molecule has 0 saturated heterocycles. The number of aliphatic hydroxyl groups excluding tert-OH is 1. The Morgan fingerprint density at radius 3 is 2.79 bits per heavy atom. The highest BCUT2D eigenvalue weighted by molar-refractivity contribution is 5.81. The van der Waals surface area contributed by atoms with Gasteiger partial charge in [0.2, 0.25) is 0 Å². The van der Waals surface area contributed by atoms with E-state index in [1.54, 1.807) is 0 Å². The van der Waals surface area contributed by atoms with Crippen molar-refractivity contribution in [2.75, 3.05) is 11.4 Å². The Hall–Kier alpha value is -1.61. The molecular weight excluding hydrogens is 236 g/mol. The van der Waals surface area contributed by atoms with Gasteiger partial charge >= 0.3 is 0 Å². The molecule has 100 valence electrons. The molecule has 0 unspecified atom stereocenters. The van der Waals surface area contributed by atoms with Gasteiger partial charge in [0.15, 0.2) is 0 Å². The molecule has 1 aromatic carbocycles. The Labute approximate surface area is 113 Å². The maximum absolute atomic E-state index is 9.63. The summed E-state index contributed by atoms with van der Waals surface area (Å²) >= 11 is 0. The number of anilines is 1. The molecule has 1 saturated carbocycles. The third-order valence-electron chi connectivity index (χ3n) is 3.67. The highest BCUT2D eigenvalue weighted by Crippen LogP contribution is 2.34. The van der Waals surface area contributed by atoms with Crippen LogP contribution in [0, 0.1) is 0 Å². The molecule has 0 amide bonds. The number of benzene rings is 1. The number of nitrogens with zero attached hydrogens (tertiary/aromatic N) is 2. The third kappa shape index (κ3) is 2.43. The minimum atomic E-state index is 0.0557. The van der Waals surface area contributed by atoms with Gasteiger partial charge in [0, 0.05) is 23.5 Å². The molecule has 0 aliphatic heterocycles. The van der Waals surface area contributed by atoms with Gasteiger partial charge in [0.05, 0.1) is 12.1 Å². The number of rotatable bonds is 5. The second-order valence-corrected chi connectivity index (χ2v) is 5.25. The van der Waals surface area contributed by atoms with Crippen molar-refractivity contribution in [1.82, 2.24) is 4.98 Å². The van der Waals surface area contributed by atoms with Crippen molar-refractivity contribution in [3.63, 3.8) is 0 Å². The number of hydrogen-bond donors (Lipinski definition) is 1. The van der Waals surface area contributed by atoms with Crippen molar-refractivity contribution >= 4 is 16.7 Å². The summed E-state index contributed by atoms with van der Waals surface area (Å²) in [4.78, 5) is 7.17. The van der Waals surface area contributed by atoms with Crippen molar-refractivity contribution in [2.24, 2.45) is 0 Å². The summed E-state index contributed by atoms with van der Waals surface area (Å²) in [6, 6.07) is 10.8. The van der Waals surface area contributed by atoms with E-state index >= 15 is 0 Å². The molecular formula is C16H20N2O. The largest absolute Gasteiger partial charge is 0.392 e. The first-order chi connectivity index (χ1) is 9.33. The number of pyridine rings is 1. The Balaban J connectivity index is 2.08. The molecule has 1 aliphatic carbocycles. The minimum absolute atomic E-state index is 0.0557. The van der Waals surface area contributed by atoms with E-state index in [0.29, 0.717) is 6.04 Å². The zero-order chi connectivity index (χ0) is 13.2. The minimum Gasteiger partial charge on any atom is -0.392 e. The fourth-order valence-corrected chi connectivity index (χ4v) is 2.60. The highest BCUT2D eigenvalue weighted by atomic mass is 16.3. The fourth-order valence-electron chi connectivity index (χ4n) is 2.60. The lowest BCUT2D eigenvalue weighted by atomic mass is 10.1. The smallest absolute Gasteiger partial charge is 0.135 e. The zero-order valence-corrected chi connectivity index (χ0v) is 11.3. The van der Waals surface area contributed by atoms with E-state index in [1.165, 1.54) is 12.8 Å². The van der Waals surface area contributed by atoms with Crippen LogP contribution in [0.25, 0.3) is 10.9 Å². The predicted octanol–water partition coefficient (Wildman–Crippen LogP) is 3.11. The van der Waals surface area contributed by atoms with Crippen LogP contribution in [0.1, 0.15) is 31.7 Å². The molecule has 1 heterocycles. The molecule has 1 fully saturated rings. The van der Waals surface area contributed by atoms with Gasteiger partial charge in [-0.3, -0.25) is 0 Å². The molecule has 1 N–H and O–H groups in total. The summed E-state index contributed by atoms with van der Waals surface area (Å²) < 4.78 is 0. The van der Waals surface area contributed by atoms with Gasteiger partial charge < -0.3 is 10.0 Å². The quantitative estimate of drug-likeness (QED) is 0.893. The molecule has 3 rings (SSSR count). The van der Waals surface area contributed by atoms with Crippen LogP contribution in [0.2, 0.25) is 0 Å². The lowest BCUT2D eigenvalue weighted by Crippen LogP contribution is -2.28. The third-order valence-corrected chi connectivity index (χ3v) is 3.67. The van der Waals surface area contributed by atoms with Crippen LogP contribution in [-0.2, 0) is 6.61 Å². The molecule has 1 aromatic heterocycles. The van der Waals surface area contributed by atoms with Gasteiger partial charge in [-0.05, 0) is 31.4 Å². The predicted molar refractivity (Wildman–Crippen MR) is 78.3 cm³/mol. The van der Waals surface area contributed by atoms with Crippen molar-refractivity contribution in [3.05, 3.63) is 35.9 Å². The second kappa shape index (κ2) is 5.17. The van der Waals surface area contributed by atoms with E-state index < -0.39 is 0 Å². The van der Waals surface area contributed by atoms with Gasteiger partial charge in [-0.15, -0.1) is 0 Å². The Kier molecular flexibility index (Phi) is 3.38.